The topological polar surface area (TPSA) is 64.3 Å². The van der Waals surface area contributed by atoms with E-state index >= 15 is 0 Å². The summed E-state index contributed by atoms with van der Waals surface area (Å²) in [5.41, 5.74) is 6.80. The van der Waals surface area contributed by atoms with Crippen LogP contribution in [0, 0.1) is 0 Å². The molecule has 0 bridgehead atoms. The lowest BCUT2D eigenvalue weighted by molar-refractivity contribution is -0.121. The van der Waals surface area contributed by atoms with Gasteiger partial charge in [0.2, 0.25) is 5.91 Å². The van der Waals surface area contributed by atoms with Gasteiger partial charge in [-0.15, -0.1) is 11.3 Å². The summed E-state index contributed by atoms with van der Waals surface area (Å²) in [6.45, 7) is 2.48. The van der Waals surface area contributed by atoms with Gasteiger partial charge in [-0.1, -0.05) is 0 Å². The lowest BCUT2D eigenvalue weighted by Gasteiger charge is -2.05. The second-order valence-corrected chi connectivity index (χ2v) is 6.46. The van der Waals surface area contributed by atoms with Gasteiger partial charge >= 0.3 is 0 Å². The van der Waals surface area contributed by atoms with Crippen molar-refractivity contribution in [1.29, 1.82) is 0 Å². The predicted octanol–water partition coefficient (Wildman–Crippen LogP) is 3.17. The van der Waals surface area contributed by atoms with E-state index in [0.29, 0.717) is 19.4 Å². The minimum absolute atomic E-state index is 0.0525. The number of rotatable bonds is 7. The van der Waals surface area contributed by atoms with Crippen molar-refractivity contribution >= 4 is 17.2 Å². The number of hydrogen-bond acceptors (Lipinski definition) is 4. The fourth-order valence-corrected chi connectivity index (χ4v) is 2.97. The molecule has 0 aliphatic rings. The molecule has 118 valence electrons. The molecule has 2 aromatic rings. The molecule has 0 saturated carbocycles. The first-order valence-electron chi connectivity index (χ1n) is 7.34. The molecule has 1 aromatic carbocycles. The van der Waals surface area contributed by atoms with Gasteiger partial charge in [0.25, 0.3) is 0 Å². The molecular formula is C17H22N2O2S. The Balaban J connectivity index is 1.89. The molecule has 1 heterocycles. The van der Waals surface area contributed by atoms with Gasteiger partial charge in [0.05, 0.1) is 13.7 Å². The third-order valence-electron chi connectivity index (χ3n) is 3.32. The molecule has 1 unspecified atom stereocenters. The summed E-state index contributed by atoms with van der Waals surface area (Å²) in [6, 6.07) is 12.2. The lowest BCUT2D eigenvalue weighted by atomic mass is 10.2. The van der Waals surface area contributed by atoms with Crippen LogP contribution in [0.1, 0.15) is 24.6 Å². The summed E-state index contributed by atoms with van der Waals surface area (Å²) < 4.78 is 5.16. The van der Waals surface area contributed by atoms with Crippen LogP contribution in [0.4, 0.5) is 0 Å². The minimum atomic E-state index is 0.0525. The molecule has 0 aliphatic heterocycles. The summed E-state index contributed by atoms with van der Waals surface area (Å²) >= 11 is 1.69. The van der Waals surface area contributed by atoms with Crippen molar-refractivity contribution in [1.82, 2.24) is 5.32 Å². The van der Waals surface area contributed by atoms with Crippen LogP contribution in [-0.2, 0) is 11.3 Å². The highest BCUT2D eigenvalue weighted by Crippen LogP contribution is 2.29. The maximum Gasteiger partial charge on any atom is 0.220 e. The zero-order valence-corrected chi connectivity index (χ0v) is 13.8. The van der Waals surface area contributed by atoms with Gasteiger partial charge in [0.15, 0.2) is 0 Å². The number of hydrogen-bond donors (Lipinski definition) is 2. The number of nitrogens with two attached hydrogens (primary N) is 1. The van der Waals surface area contributed by atoms with Crippen LogP contribution in [0.2, 0.25) is 0 Å². The normalized spacial score (nSPS) is 12.0. The molecule has 0 saturated heterocycles. The Bertz CT molecular complexity index is 605. The van der Waals surface area contributed by atoms with E-state index in [-0.39, 0.29) is 11.9 Å². The molecule has 1 atom stereocenters. The molecule has 0 radical (unpaired) electrons. The molecule has 3 N–H and O–H groups in total. The fourth-order valence-electron chi connectivity index (χ4n) is 2.02. The number of benzene rings is 1. The predicted molar refractivity (Wildman–Crippen MR) is 91.0 cm³/mol. The molecule has 5 heteroatoms. The number of thiophene rings is 1. The number of nitrogens with one attached hydrogen (secondary N) is 1. The van der Waals surface area contributed by atoms with Crippen LogP contribution in [-0.4, -0.2) is 19.1 Å². The molecule has 0 aliphatic carbocycles. The lowest BCUT2D eigenvalue weighted by Crippen LogP contribution is -2.25. The fraction of sp³-hybridized carbons (Fsp3) is 0.353. The maximum absolute atomic E-state index is 11.7. The highest BCUT2D eigenvalue weighted by Gasteiger charge is 2.06. The highest BCUT2D eigenvalue weighted by atomic mass is 32.1. The van der Waals surface area contributed by atoms with Crippen LogP contribution >= 0.6 is 11.3 Å². The van der Waals surface area contributed by atoms with E-state index in [4.69, 9.17) is 10.5 Å². The molecule has 4 nitrogen and oxygen atoms in total. The van der Waals surface area contributed by atoms with E-state index in [1.807, 2.05) is 31.2 Å². The first kappa shape index (κ1) is 16.5. The van der Waals surface area contributed by atoms with Crippen LogP contribution in [0.15, 0.2) is 36.4 Å². The first-order chi connectivity index (χ1) is 10.6. The number of methoxy groups -OCH3 is 1. The van der Waals surface area contributed by atoms with E-state index in [0.717, 1.165) is 16.2 Å². The largest absolute Gasteiger partial charge is 0.497 e. The summed E-state index contributed by atoms with van der Waals surface area (Å²) in [5, 5.41) is 2.93. The summed E-state index contributed by atoms with van der Waals surface area (Å²) in [4.78, 5) is 14.0. The van der Waals surface area contributed by atoms with Gasteiger partial charge < -0.3 is 15.8 Å². The summed E-state index contributed by atoms with van der Waals surface area (Å²) in [5.74, 6) is 0.902. The number of amides is 1. The van der Waals surface area contributed by atoms with Gasteiger partial charge in [-0.25, -0.2) is 0 Å². The number of carbonyl (C=O) groups is 1. The van der Waals surface area contributed by atoms with Gasteiger partial charge in [0, 0.05) is 22.2 Å². The molecule has 0 spiro atoms. The number of ether oxygens (including phenoxy) is 1. The Hall–Kier alpha value is -1.85. The minimum Gasteiger partial charge on any atom is -0.497 e. The van der Waals surface area contributed by atoms with Gasteiger partial charge in [-0.2, -0.15) is 0 Å². The van der Waals surface area contributed by atoms with E-state index in [2.05, 4.69) is 17.4 Å². The average Bonchev–Trinajstić information content (AvgIpc) is 3.00. The monoisotopic (exact) mass is 318 g/mol. The maximum atomic E-state index is 11.7. The third-order valence-corrected chi connectivity index (χ3v) is 4.46. The standard InChI is InChI=1S/C17H22N2O2S/c1-12(18)3-10-17(20)19-11-15-8-9-16(22-15)13-4-6-14(21-2)7-5-13/h4-9,12H,3,10-11,18H2,1-2H3,(H,19,20). The van der Waals surface area contributed by atoms with Crippen molar-refractivity contribution in [3.63, 3.8) is 0 Å². The molecular weight excluding hydrogens is 296 g/mol. The second-order valence-electron chi connectivity index (χ2n) is 5.29. The van der Waals surface area contributed by atoms with Crippen LogP contribution < -0.4 is 15.8 Å². The Morgan fingerprint density at radius 1 is 1.27 bits per heavy atom. The van der Waals surface area contributed by atoms with Crippen molar-refractivity contribution in [2.75, 3.05) is 7.11 Å². The van der Waals surface area contributed by atoms with Crippen molar-refractivity contribution in [2.24, 2.45) is 5.73 Å². The zero-order chi connectivity index (χ0) is 15.9. The summed E-state index contributed by atoms with van der Waals surface area (Å²) in [6.07, 6.45) is 1.20. The highest BCUT2D eigenvalue weighted by molar-refractivity contribution is 7.15. The van der Waals surface area contributed by atoms with E-state index in [1.165, 1.54) is 4.88 Å². The van der Waals surface area contributed by atoms with Gasteiger partial charge in [-0.3, -0.25) is 4.79 Å². The van der Waals surface area contributed by atoms with Gasteiger partial charge in [-0.05, 0) is 55.3 Å². The average molecular weight is 318 g/mol. The van der Waals surface area contributed by atoms with Crippen molar-refractivity contribution in [3.8, 4) is 16.2 Å². The SMILES string of the molecule is COc1ccc(-c2ccc(CNC(=O)CCC(C)N)s2)cc1. The smallest absolute Gasteiger partial charge is 0.220 e. The number of carbonyl (C=O) groups excluding carboxylic acids is 1. The first-order valence-corrected chi connectivity index (χ1v) is 8.15. The van der Waals surface area contributed by atoms with E-state index < -0.39 is 0 Å². The van der Waals surface area contributed by atoms with E-state index in [1.54, 1.807) is 18.4 Å². The Morgan fingerprint density at radius 2 is 2.00 bits per heavy atom. The quantitative estimate of drug-likeness (QED) is 0.824. The van der Waals surface area contributed by atoms with Gasteiger partial charge in [0.1, 0.15) is 5.75 Å². The second kappa shape index (κ2) is 7.96. The molecule has 0 fully saturated rings. The summed E-state index contributed by atoms with van der Waals surface area (Å²) in [7, 11) is 1.66. The molecule has 1 aromatic heterocycles. The molecule has 1 amide bonds. The Morgan fingerprint density at radius 3 is 2.64 bits per heavy atom. The van der Waals surface area contributed by atoms with E-state index in [9.17, 15) is 4.79 Å². The molecule has 2 rings (SSSR count). The van der Waals surface area contributed by atoms with Crippen LogP contribution in [0.25, 0.3) is 10.4 Å². The van der Waals surface area contributed by atoms with Crippen molar-refractivity contribution in [2.45, 2.75) is 32.4 Å². The Kier molecular flexibility index (Phi) is 5.98. The van der Waals surface area contributed by atoms with Crippen molar-refractivity contribution < 1.29 is 9.53 Å². The zero-order valence-electron chi connectivity index (χ0n) is 13.0. The Labute approximate surface area is 135 Å². The van der Waals surface area contributed by atoms with Crippen LogP contribution in [0.3, 0.4) is 0 Å². The van der Waals surface area contributed by atoms with Crippen LogP contribution in [0.5, 0.6) is 5.75 Å². The van der Waals surface area contributed by atoms with Crippen molar-refractivity contribution in [3.05, 3.63) is 41.3 Å². The third kappa shape index (κ3) is 4.86. The molecule has 22 heavy (non-hydrogen) atoms.